The molecule has 0 fully saturated rings. The highest BCUT2D eigenvalue weighted by Crippen LogP contribution is 2.34. The number of phenols is 1. The third-order valence-corrected chi connectivity index (χ3v) is 4.85. The summed E-state index contributed by atoms with van der Waals surface area (Å²) in [6.45, 7) is 2.37. The normalized spacial score (nSPS) is 13.8. The van der Waals surface area contributed by atoms with Crippen LogP contribution in [0, 0.1) is 0 Å². The van der Waals surface area contributed by atoms with E-state index in [2.05, 4.69) is 17.9 Å². The number of carbonyl (C=O) groups is 2. The van der Waals surface area contributed by atoms with E-state index >= 15 is 0 Å². The first kappa shape index (κ1) is 23.6. The second kappa shape index (κ2) is 11.5. The van der Waals surface area contributed by atoms with Gasteiger partial charge in [-0.05, 0) is 36.8 Å². The molecule has 0 aliphatic carbocycles. The molecule has 0 spiro atoms. The summed E-state index contributed by atoms with van der Waals surface area (Å²) in [6, 6.07) is 11.3. The summed E-state index contributed by atoms with van der Waals surface area (Å²) >= 11 is 3.88. The average molecular weight is 464 g/mol. The van der Waals surface area contributed by atoms with Crippen LogP contribution in [0.15, 0.2) is 42.5 Å². The molecular weight excluding hydrogens is 438 g/mol. The number of esters is 1. The number of thiol groups is 1. The predicted octanol–water partition coefficient (Wildman–Crippen LogP) is 3.68. The van der Waals surface area contributed by atoms with Crippen LogP contribution in [-0.2, 0) is 19.0 Å². The molecule has 2 atom stereocenters. The molecule has 0 saturated heterocycles. The minimum absolute atomic E-state index is 0.0326. The number of phenolic OH excluding ortho intramolecular Hbond substituents is 1. The Labute approximate surface area is 191 Å². The van der Waals surface area contributed by atoms with Crippen molar-refractivity contribution in [3.63, 3.8) is 0 Å². The number of benzene rings is 2. The second-order valence-corrected chi connectivity index (χ2v) is 7.09. The molecule has 172 valence electrons. The van der Waals surface area contributed by atoms with Crippen molar-refractivity contribution in [3.05, 3.63) is 48.0 Å². The molecule has 0 saturated carbocycles. The first-order chi connectivity index (χ1) is 15.5. The third-order valence-electron chi connectivity index (χ3n) is 4.59. The number of fused-ring (bicyclic) bond motifs is 1. The van der Waals surface area contributed by atoms with Crippen LogP contribution in [0.5, 0.6) is 17.2 Å². The van der Waals surface area contributed by atoms with Gasteiger partial charge in [0.15, 0.2) is 17.6 Å². The monoisotopic (exact) mass is 463 g/mol. The number of hydrogen-bond acceptors (Lipinski definition) is 9. The van der Waals surface area contributed by atoms with E-state index in [1.165, 1.54) is 12.1 Å². The Kier molecular flexibility index (Phi) is 8.46. The van der Waals surface area contributed by atoms with Crippen molar-refractivity contribution in [1.82, 2.24) is 0 Å². The number of hydrogen-bond donors (Lipinski definition) is 3. The van der Waals surface area contributed by atoms with Crippen LogP contribution in [0.2, 0.25) is 0 Å². The van der Waals surface area contributed by atoms with E-state index in [-0.39, 0.29) is 31.3 Å². The van der Waals surface area contributed by atoms with Gasteiger partial charge in [-0.2, -0.15) is 12.6 Å². The molecule has 2 N–H and O–H groups in total. The number of nitrogens with one attached hydrogen (secondary N) is 1. The van der Waals surface area contributed by atoms with E-state index in [0.717, 1.165) is 0 Å². The third kappa shape index (κ3) is 6.44. The first-order valence-corrected chi connectivity index (χ1v) is 10.7. The van der Waals surface area contributed by atoms with Crippen LogP contribution in [0.25, 0.3) is 0 Å². The van der Waals surface area contributed by atoms with Gasteiger partial charge < -0.3 is 28.8 Å². The van der Waals surface area contributed by atoms with E-state index in [1.807, 2.05) is 6.92 Å². The summed E-state index contributed by atoms with van der Waals surface area (Å²) < 4.78 is 27.2. The molecule has 0 radical (unpaired) electrons. The number of aromatic hydroxyl groups is 1. The van der Waals surface area contributed by atoms with Crippen molar-refractivity contribution in [1.29, 1.82) is 0 Å². The van der Waals surface area contributed by atoms with Gasteiger partial charge >= 0.3 is 12.1 Å². The molecule has 0 bridgehead atoms. The van der Waals surface area contributed by atoms with Gasteiger partial charge in [-0.15, -0.1) is 0 Å². The summed E-state index contributed by atoms with van der Waals surface area (Å²) in [5.74, 6) is 0.711. The highest BCUT2D eigenvalue weighted by molar-refractivity contribution is 7.81. The van der Waals surface area contributed by atoms with Crippen LogP contribution in [-0.4, -0.2) is 49.0 Å². The van der Waals surface area contributed by atoms with Gasteiger partial charge in [-0.1, -0.05) is 12.1 Å². The molecule has 9 nitrogen and oxygen atoms in total. The predicted molar refractivity (Wildman–Crippen MR) is 118 cm³/mol. The molecule has 1 amide bonds. The highest BCUT2D eigenvalue weighted by atomic mass is 32.1. The summed E-state index contributed by atoms with van der Waals surface area (Å²) in [7, 11) is 0. The zero-order chi connectivity index (χ0) is 22.9. The Hall–Kier alpha value is -3.11. The lowest BCUT2D eigenvalue weighted by Crippen LogP contribution is -2.30. The maximum Gasteiger partial charge on any atom is 0.412 e. The molecule has 32 heavy (non-hydrogen) atoms. The van der Waals surface area contributed by atoms with E-state index in [9.17, 15) is 14.7 Å². The quantitative estimate of drug-likeness (QED) is 0.361. The average Bonchev–Trinajstić information content (AvgIpc) is 3.25. The fraction of sp³-hybridized carbons (Fsp3) is 0.364. The van der Waals surface area contributed by atoms with Gasteiger partial charge in [0.25, 0.3) is 0 Å². The van der Waals surface area contributed by atoms with Crippen LogP contribution in [0.3, 0.4) is 0 Å². The van der Waals surface area contributed by atoms with Crippen LogP contribution < -0.4 is 14.8 Å². The standard InChI is InChI=1S/C22H25NO8S/c1-2-27-18(9-10-28-20(25)12-32)21(14-3-6-16(24)7-4-14)31-22(26)23-15-5-8-17-19(11-15)30-13-29-17/h3-8,11,18,21,24,32H,2,9-10,12-13H2,1H3,(H,23,26)/t18-,21-/m0/s1. The summed E-state index contributed by atoms with van der Waals surface area (Å²) in [5, 5.41) is 12.3. The Morgan fingerprint density at radius 3 is 2.62 bits per heavy atom. The minimum atomic E-state index is -0.820. The molecule has 3 rings (SSSR count). The van der Waals surface area contributed by atoms with E-state index in [0.29, 0.717) is 29.4 Å². The zero-order valence-electron chi connectivity index (χ0n) is 17.5. The van der Waals surface area contributed by atoms with E-state index < -0.39 is 24.3 Å². The van der Waals surface area contributed by atoms with Crippen molar-refractivity contribution in [3.8, 4) is 17.2 Å². The number of rotatable bonds is 10. The lowest BCUT2D eigenvalue weighted by atomic mass is 10.0. The smallest absolute Gasteiger partial charge is 0.412 e. The zero-order valence-corrected chi connectivity index (χ0v) is 18.4. The Morgan fingerprint density at radius 2 is 1.91 bits per heavy atom. The highest BCUT2D eigenvalue weighted by Gasteiger charge is 2.28. The number of carbonyl (C=O) groups excluding carboxylic acids is 2. The molecule has 0 unspecified atom stereocenters. The van der Waals surface area contributed by atoms with E-state index in [4.69, 9.17) is 23.7 Å². The maximum absolute atomic E-state index is 12.7. The van der Waals surface area contributed by atoms with Crippen LogP contribution in [0.4, 0.5) is 10.5 Å². The molecule has 0 aromatic heterocycles. The lowest BCUT2D eigenvalue weighted by molar-refractivity contribution is -0.142. The minimum Gasteiger partial charge on any atom is -0.508 e. The van der Waals surface area contributed by atoms with Gasteiger partial charge in [0.05, 0.1) is 12.4 Å². The lowest BCUT2D eigenvalue weighted by Gasteiger charge is -2.27. The van der Waals surface area contributed by atoms with Gasteiger partial charge in [-0.3, -0.25) is 10.1 Å². The molecule has 1 heterocycles. The fourth-order valence-electron chi connectivity index (χ4n) is 3.13. The van der Waals surface area contributed by atoms with Gasteiger partial charge in [0.2, 0.25) is 6.79 Å². The summed E-state index contributed by atoms with van der Waals surface area (Å²) in [5.41, 5.74) is 1.09. The summed E-state index contributed by atoms with van der Waals surface area (Å²) in [6.07, 6.45) is -1.84. The fourth-order valence-corrected chi connectivity index (χ4v) is 3.22. The molecule has 1 aliphatic rings. The van der Waals surface area contributed by atoms with Crippen molar-refractivity contribution in [2.45, 2.75) is 25.6 Å². The van der Waals surface area contributed by atoms with Crippen molar-refractivity contribution >= 4 is 30.4 Å². The second-order valence-electron chi connectivity index (χ2n) is 6.77. The Bertz CT molecular complexity index is 921. The SMILES string of the molecule is CCO[C@@H](CCOC(=O)CS)[C@@H](OC(=O)Nc1ccc2c(c1)OCO2)c1ccc(O)cc1. The molecule has 10 heteroatoms. The topological polar surface area (TPSA) is 113 Å². The van der Waals surface area contributed by atoms with Gasteiger partial charge in [0, 0.05) is 24.8 Å². The number of ether oxygens (including phenoxy) is 5. The Morgan fingerprint density at radius 1 is 1.16 bits per heavy atom. The molecule has 2 aromatic rings. The Balaban J connectivity index is 1.74. The first-order valence-electron chi connectivity index (χ1n) is 10.0. The summed E-state index contributed by atoms with van der Waals surface area (Å²) in [4.78, 5) is 24.1. The number of amides is 1. The maximum atomic E-state index is 12.7. The number of anilines is 1. The van der Waals surface area contributed by atoms with Crippen LogP contribution >= 0.6 is 12.6 Å². The van der Waals surface area contributed by atoms with Crippen molar-refractivity contribution in [2.24, 2.45) is 0 Å². The van der Waals surface area contributed by atoms with Crippen molar-refractivity contribution < 1.29 is 38.4 Å². The molecular formula is C22H25NO8S. The van der Waals surface area contributed by atoms with Crippen molar-refractivity contribution in [2.75, 3.05) is 31.1 Å². The van der Waals surface area contributed by atoms with E-state index in [1.54, 1.807) is 30.3 Å². The van der Waals surface area contributed by atoms with Gasteiger partial charge in [-0.25, -0.2) is 4.79 Å². The van der Waals surface area contributed by atoms with Crippen LogP contribution in [0.1, 0.15) is 25.0 Å². The molecule has 1 aliphatic heterocycles. The van der Waals surface area contributed by atoms with Gasteiger partial charge in [0.1, 0.15) is 11.9 Å². The molecule has 2 aromatic carbocycles. The largest absolute Gasteiger partial charge is 0.508 e.